The number of carbonyl (C=O) groups excluding carboxylic acids is 2. The smallest absolute Gasteiger partial charge is 0.498 e. The third kappa shape index (κ3) is 6.90. The van der Waals surface area contributed by atoms with Gasteiger partial charge in [-0.05, 0) is 74.7 Å². The highest BCUT2D eigenvalue weighted by Gasteiger charge is 2.25. The predicted octanol–water partition coefficient (Wildman–Crippen LogP) is 7.55. The highest BCUT2D eigenvalue weighted by Crippen LogP contribution is 2.43. The summed E-state index contributed by atoms with van der Waals surface area (Å²) in [7, 11) is -4.59. The largest absolute Gasteiger partial charge is 0.673 e. The molecular weight excluding hydrogens is 489 g/mol. The Labute approximate surface area is 212 Å². The Morgan fingerprint density at radius 3 is 1.97 bits per heavy atom. The van der Waals surface area contributed by atoms with Gasteiger partial charge in [-0.1, -0.05) is 0 Å². The number of ether oxygens (including phenoxy) is 1. The van der Waals surface area contributed by atoms with Gasteiger partial charge in [0.05, 0.1) is 17.9 Å². The van der Waals surface area contributed by atoms with Crippen molar-refractivity contribution in [2.75, 3.05) is 12.4 Å². The first-order chi connectivity index (χ1) is 17.3. The number of carbonyl (C=O) groups is 2. The lowest BCUT2D eigenvalue weighted by Gasteiger charge is -2.09. The van der Waals surface area contributed by atoms with Crippen molar-refractivity contribution in [1.29, 1.82) is 0 Å². The Hall–Kier alpha value is -3.82. The summed E-state index contributed by atoms with van der Waals surface area (Å²) in [5.41, 5.74) is 7.41. The molecule has 5 nitrogen and oxygen atoms in total. The monoisotopic (exact) mass is 517 g/mol. The lowest BCUT2D eigenvalue weighted by molar-refractivity contribution is -0.140. The van der Waals surface area contributed by atoms with Gasteiger partial charge < -0.3 is 31.4 Å². The number of anilines is 1. The van der Waals surface area contributed by atoms with Crippen molar-refractivity contribution in [3.05, 3.63) is 70.8 Å². The topological polar surface area (TPSA) is 58.1 Å². The number of aryl methyl sites for hydroxylation is 4. The van der Waals surface area contributed by atoms with Crippen molar-refractivity contribution >= 4 is 46.8 Å². The van der Waals surface area contributed by atoms with E-state index in [9.17, 15) is 26.9 Å². The van der Waals surface area contributed by atoms with E-state index >= 15 is 0 Å². The molecule has 4 aromatic rings. The Balaban J connectivity index is 0.000000695. The zero-order chi connectivity index (χ0) is 27.5. The number of furan rings is 1. The van der Waals surface area contributed by atoms with Crippen LogP contribution in [0.25, 0.3) is 27.7 Å². The molecule has 0 atom stereocenters. The van der Waals surface area contributed by atoms with Gasteiger partial charge in [0.25, 0.3) is 16.9 Å². The molecule has 0 aliphatic heterocycles. The van der Waals surface area contributed by atoms with Gasteiger partial charge >= 0.3 is 13.2 Å². The van der Waals surface area contributed by atoms with Crippen molar-refractivity contribution < 1.29 is 35.6 Å². The summed E-state index contributed by atoms with van der Waals surface area (Å²) in [5, 5.41) is 5.13. The molecule has 3 aromatic carbocycles. The van der Waals surface area contributed by atoms with Crippen LogP contribution in [-0.2, 0) is 20.7 Å². The number of amides is 1. The summed E-state index contributed by atoms with van der Waals surface area (Å²) in [6, 6.07) is 16.6. The van der Waals surface area contributed by atoms with E-state index in [1.54, 1.807) is 0 Å². The molecule has 0 unspecified atom stereocenters. The van der Waals surface area contributed by atoms with E-state index in [4.69, 9.17) is 4.74 Å². The lowest BCUT2D eigenvalue weighted by atomic mass is 10.0. The average Bonchev–Trinajstić information content (AvgIpc) is 3.11. The standard InChI is InChI=1S/C27H27NO4.BF4/c1-16-12-17(2)26-23(13-16)24-15-21(28-19(4)29)14-18(3)27(24)32(26)22-9-6-20(7-10-22)8-11-25(30)31-5;2-1(3,4)5/h6-7,9-10,12-15H,8,11H2,1-5H3;/q;-1/p+1. The Kier molecular flexibility index (Phi) is 8.30. The quantitative estimate of drug-likeness (QED) is 0.129. The first-order valence-corrected chi connectivity index (χ1v) is 11.6. The summed E-state index contributed by atoms with van der Waals surface area (Å²) < 4.78 is 47.1. The average molecular weight is 517 g/mol. The van der Waals surface area contributed by atoms with Gasteiger partial charge in [-0.25, -0.2) is 0 Å². The molecule has 0 aliphatic rings. The number of rotatable bonds is 5. The van der Waals surface area contributed by atoms with E-state index in [-0.39, 0.29) is 11.9 Å². The summed E-state index contributed by atoms with van der Waals surface area (Å²) in [6.45, 7) is 7.80. The van der Waals surface area contributed by atoms with Gasteiger partial charge in [0, 0.05) is 42.3 Å². The van der Waals surface area contributed by atoms with Crippen molar-refractivity contribution in [3.63, 3.8) is 0 Å². The number of hydrogen-bond acceptors (Lipinski definition) is 3. The molecule has 1 N–H and O–H groups in total. The molecular formula is C27H28BF4NO4. The summed E-state index contributed by atoms with van der Waals surface area (Å²) in [5.74, 6) is 0.687. The number of hydrogen-bond donors (Lipinski definition) is 1. The van der Waals surface area contributed by atoms with E-state index in [0.717, 1.165) is 50.1 Å². The molecule has 1 amide bonds. The van der Waals surface area contributed by atoms with Crippen LogP contribution in [0.15, 0.2) is 52.6 Å². The van der Waals surface area contributed by atoms with Crippen LogP contribution in [-0.4, -0.2) is 26.2 Å². The Morgan fingerprint density at radius 1 is 0.892 bits per heavy atom. The molecule has 0 fully saturated rings. The van der Waals surface area contributed by atoms with E-state index in [0.29, 0.717) is 12.8 Å². The van der Waals surface area contributed by atoms with Crippen molar-refractivity contribution in [2.45, 2.75) is 40.5 Å². The fourth-order valence-electron chi connectivity index (χ4n) is 4.42. The molecule has 0 saturated carbocycles. The minimum atomic E-state index is -6.00. The highest BCUT2D eigenvalue weighted by atomic mass is 19.5. The molecule has 196 valence electrons. The minimum absolute atomic E-state index is 0.0879. The van der Waals surface area contributed by atoms with E-state index in [1.165, 1.54) is 19.6 Å². The Morgan fingerprint density at radius 2 is 1.43 bits per heavy atom. The van der Waals surface area contributed by atoms with Crippen LogP contribution in [0.4, 0.5) is 23.0 Å². The SMILES string of the molecule is COC(=O)CCc1ccc(-[o+]2c3c(C)cc(C)cc3c3cc(NC(C)=O)cc(C)c32)cc1.F[B-](F)(F)F. The first-order valence-electron chi connectivity index (χ1n) is 11.6. The van der Waals surface area contributed by atoms with Gasteiger partial charge in [0.15, 0.2) is 0 Å². The van der Waals surface area contributed by atoms with Crippen molar-refractivity contribution in [2.24, 2.45) is 0 Å². The second-order valence-electron chi connectivity index (χ2n) is 8.83. The van der Waals surface area contributed by atoms with E-state index < -0.39 is 7.25 Å². The number of fused-ring (bicyclic) bond motifs is 3. The number of benzene rings is 3. The lowest BCUT2D eigenvalue weighted by Crippen LogP contribution is -2.05. The minimum Gasteiger partial charge on any atom is -0.498 e. The molecule has 0 spiro atoms. The molecule has 4 rings (SSSR count). The number of nitrogens with one attached hydrogen (secondary N) is 1. The van der Waals surface area contributed by atoms with Gasteiger partial charge in [0.2, 0.25) is 5.91 Å². The molecule has 1 heterocycles. The highest BCUT2D eigenvalue weighted by molar-refractivity contribution is 6.50. The molecule has 0 aliphatic carbocycles. The van der Waals surface area contributed by atoms with Gasteiger partial charge in [-0.3, -0.25) is 9.59 Å². The number of esters is 1. The number of halogens is 4. The summed E-state index contributed by atoms with van der Waals surface area (Å²) in [6.07, 6.45) is 1.00. The van der Waals surface area contributed by atoms with Crippen molar-refractivity contribution in [1.82, 2.24) is 0 Å². The fraction of sp³-hybridized carbons (Fsp3) is 0.259. The van der Waals surface area contributed by atoms with Crippen LogP contribution in [0.1, 0.15) is 35.6 Å². The predicted molar refractivity (Wildman–Crippen MR) is 139 cm³/mol. The van der Waals surface area contributed by atoms with Crippen LogP contribution in [0.5, 0.6) is 0 Å². The molecule has 0 saturated heterocycles. The molecule has 0 radical (unpaired) electrons. The maximum Gasteiger partial charge on any atom is 0.673 e. The fourth-order valence-corrected chi connectivity index (χ4v) is 4.42. The molecule has 10 heteroatoms. The third-order valence-electron chi connectivity index (χ3n) is 5.72. The van der Waals surface area contributed by atoms with Gasteiger partial charge in [0.1, 0.15) is 0 Å². The van der Waals surface area contributed by atoms with Crippen LogP contribution >= 0.6 is 0 Å². The summed E-state index contributed by atoms with van der Waals surface area (Å²) in [4.78, 5) is 23.1. The number of methoxy groups -OCH3 is 1. The van der Waals surface area contributed by atoms with Gasteiger partial charge in [-0.2, -0.15) is 0 Å². The van der Waals surface area contributed by atoms with Crippen LogP contribution < -0.4 is 5.32 Å². The second-order valence-corrected chi connectivity index (χ2v) is 8.83. The third-order valence-corrected chi connectivity index (χ3v) is 5.72. The molecule has 37 heavy (non-hydrogen) atoms. The summed E-state index contributed by atoms with van der Waals surface area (Å²) >= 11 is 0. The maximum atomic E-state index is 11.7. The van der Waals surface area contributed by atoms with E-state index in [1.807, 2.05) is 24.3 Å². The van der Waals surface area contributed by atoms with Crippen LogP contribution in [0.2, 0.25) is 0 Å². The molecule has 1 aromatic heterocycles. The van der Waals surface area contributed by atoms with Crippen LogP contribution in [0.3, 0.4) is 0 Å². The Bertz CT molecular complexity index is 1450. The van der Waals surface area contributed by atoms with Crippen LogP contribution in [0, 0.1) is 20.8 Å². The maximum absolute atomic E-state index is 11.7. The zero-order valence-corrected chi connectivity index (χ0v) is 21.3. The van der Waals surface area contributed by atoms with Crippen molar-refractivity contribution in [3.8, 4) is 5.75 Å². The second kappa shape index (κ2) is 11.1. The van der Waals surface area contributed by atoms with E-state index in [2.05, 4.69) is 54.4 Å². The molecule has 0 bridgehead atoms. The first kappa shape index (κ1) is 27.8. The normalized spacial score (nSPS) is 11.3. The zero-order valence-electron chi connectivity index (χ0n) is 21.3. The van der Waals surface area contributed by atoms with Gasteiger partial charge in [-0.15, -0.1) is 0 Å².